The van der Waals surface area contributed by atoms with Crippen molar-refractivity contribution in [3.05, 3.63) is 64.2 Å². The fraction of sp³-hybridized carbons (Fsp3) is 0.435. The molecule has 0 spiro atoms. The monoisotopic (exact) mass is 464 g/mol. The molecule has 1 N–H and O–H groups in total. The summed E-state index contributed by atoms with van der Waals surface area (Å²) < 4.78 is 32.8. The van der Waals surface area contributed by atoms with Crippen LogP contribution in [0.3, 0.4) is 0 Å². The van der Waals surface area contributed by atoms with Crippen LogP contribution in [0.5, 0.6) is 5.75 Å². The number of hydrogen-bond acceptors (Lipinski definition) is 4. The zero-order chi connectivity index (χ0) is 22.4. The minimum absolute atomic E-state index is 0.0950. The van der Waals surface area contributed by atoms with Crippen LogP contribution >= 0.6 is 11.6 Å². The first-order valence-electron chi connectivity index (χ1n) is 10.4. The molecule has 168 valence electrons. The largest absolute Gasteiger partial charge is 0.492 e. The van der Waals surface area contributed by atoms with E-state index in [4.69, 9.17) is 16.3 Å². The Morgan fingerprint density at radius 1 is 1.16 bits per heavy atom. The topological polar surface area (TPSA) is 75.7 Å². The summed E-state index contributed by atoms with van der Waals surface area (Å²) in [5.41, 5.74) is 2.93. The molecule has 6 nitrogen and oxygen atoms in total. The van der Waals surface area contributed by atoms with Gasteiger partial charge in [0.05, 0.1) is 18.2 Å². The van der Waals surface area contributed by atoms with Gasteiger partial charge in [0, 0.05) is 18.1 Å². The first-order valence-corrected chi connectivity index (χ1v) is 12.4. The number of hydrogen-bond donors (Lipinski definition) is 1. The highest BCUT2D eigenvalue weighted by molar-refractivity contribution is 7.88. The summed E-state index contributed by atoms with van der Waals surface area (Å²) in [4.78, 5) is 12.6. The number of benzene rings is 2. The zero-order valence-electron chi connectivity index (χ0n) is 17.9. The van der Waals surface area contributed by atoms with Gasteiger partial charge in [-0.3, -0.25) is 4.79 Å². The van der Waals surface area contributed by atoms with Crippen molar-refractivity contribution in [2.75, 3.05) is 26.2 Å². The molecule has 1 atom stereocenters. The summed E-state index contributed by atoms with van der Waals surface area (Å²) in [6.07, 6.45) is 1.34. The summed E-state index contributed by atoms with van der Waals surface area (Å²) in [7, 11) is -3.50. The van der Waals surface area contributed by atoms with Gasteiger partial charge in [-0.25, -0.2) is 12.7 Å². The Labute approximate surface area is 189 Å². The first-order chi connectivity index (χ1) is 14.7. The van der Waals surface area contributed by atoms with Crippen LogP contribution in [-0.4, -0.2) is 44.9 Å². The van der Waals surface area contributed by atoms with Crippen LogP contribution in [0.15, 0.2) is 42.5 Å². The number of nitrogens with one attached hydrogen (secondary N) is 1. The molecule has 2 aromatic carbocycles. The SMILES string of the molecule is Cc1cc(C)cc(OCCNC(=O)[C@@H]2CCCN(S(=O)(=O)Cc3ccc(Cl)cc3)C2)c1. The number of ether oxygens (including phenoxy) is 1. The summed E-state index contributed by atoms with van der Waals surface area (Å²) in [6, 6.07) is 12.8. The van der Waals surface area contributed by atoms with E-state index in [9.17, 15) is 13.2 Å². The number of carbonyl (C=O) groups is 1. The summed E-state index contributed by atoms with van der Waals surface area (Å²) in [6.45, 7) is 5.41. The van der Waals surface area contributed by atoms with Gasteiger partial charge in [-0.15, -0.1) is 0 Å². The number of carbonyl (C=O) groups excluding carboxylic acids is 1. The van der Waals surface area contributed by atoms with Crippen LogP contribution in [0.4, 0.5) is 0 Å². The van der Waals surface area contributed by atoms with E-state index in [0.29, 0.717) is 43.1 Å². The maximum absolute atomic E-state index is 12.8. The van der Waals surface area contributed by atoms with Gasteiger partial charge in [-0.1, -0.05) is 29.8 Å². The van der Waals surface area contributed by atoms with E-state index in [2.05, 4.69) is 11.4 Å². The molecular weight excluding hydrogens is 436 g/mol. The van der Waals surface area contributed by atoms with E-state index in [1.807, 2.05) is 26.0 Å². The predicted molar refractivity (Wildman–Crippen MR) is 123 cm³/mol. The third kappa shape index (κ3) is 6.95. The fourth-order valence-electron chi connectivity index (χ4n) is 3.80. The van der Waals surface area contributed by atoms with Crippen LogP contribution in [-0.2, 0) is 20.6 Å². The van der Waals surface area contributed by atoms with Gasteiger partial charge in [0.25, 0.3) is 0 Å². The third-order valence-electron chi connectivity index (χ3n) is 5.28. The van der Waals surface area contributed by atoms with E-state index < -0.39 is 10.0 Å². The highest BCUT2D eigenvalue weighted by atomic mass is 35.5. The Hall–Kier alpha value is -2.09. The molecule has 31 heavy (non-hydrogen) atoms. The van der Waals surface area contributed by atoms with Gasteiger partial charge in [-0.2, -0.15) is 0 Å². The summed E-state index contributed by atoms with van der Waals surface area (Å²) in [5, 5.41) is 3.45. The Bertz CT molecular complexity index is 988. The smallest absolute Gasteiger partial charge is 0.224 e. The molecule has 8 heteroatoms. The number of halogens is 1. The number of piperidine rings is 1. The normalized spacial score (nSPS) is 17.3. The van der Waals surface area contributed by atoms with Crippen LogP contribution < -0.4 is 10.1 Å². The van der Waals surface area contributed by atoms with Crippen LogP contribution in [0.25, 0.3) is 0 Å². The van der Waals surface area contributed by atoms with Gasteiger partial charge in [0.15, 0.2) is 0 Å². The Balaban J connectivity index is 1.48. The quantitative estimate of drug-likeness (QED) is 0.604. The van der Waals surface area contributed by atoms with E-state index >= 15 is 0 Å². The molecule has 0 saturated carbocycles. The minimum atomic E-state index is -3.50. The highest BCUT2D eigenvalue weighted by Crippen LogP contribution is 2.22. The predicted octanol–water partition coefficient (Wildman–Crippen LogP) is 3.69. The summed E-state index contributed by atoms with van der Waals surface area (Å²) >= 11 is 5.87. The van der Waals surface area contributed by atoms with Gasteiger partial charge < -0.3 is 10.1 Å². The van der Waals surface area contributed by atoms with Gasteiger partial charge >= 0.3 is 0 Å². The van der Waals surface area contributed by atoms with Gasteiger partial charge in [0.2, 0.25) is 15.9 Å². The minimum Gasteiger partial charge on any atom is -0.492 e. The van der Waals surface area contributed by atoms with Crippen molar-refractivity contribution in [2.45, 2.75) is 32.4 Å². The molecule has 0 aliphatic carbocycles. The maximum Gasteiger partial charge on any atom is 0.224 e. The standard InChI is InChI=1S/C23H29ClN2O4S/c1-17-12-18(2)14-22(13-17)30-11-9-25-23(27)20-4-3-10-26(15-20)31(28,29)16-19-5-7-21(24)8-6-19/h5-8,12-14,20H,3-4,9-11,15-16H2,1-2H3,(H,25,27)/t20-/m1/s1. The van der Waals surface area contributed by atoms with Crippen molar-refractivity contribution in [1.82, 2.24) is 9.62 Å². The zero-order valence-corrected chi connectivity index (χ0v) is 19.5. The van der Waals surface area contributed by atoms with Crippen LogP contribution in [0.2, 0.25) is 5.02 Å². The van der Waals surface area contributed by atoms with Crippen LogP contribution in [0, 0.1) is 19.8 Å². The lowest BCUT2D eigenvalue weighted by Gasteiger charge is -2.31. The molecule has 1 heterocycles. The lowest BCUT2D eigenvalue weighted by Crippen LogP contribution is -2.46. The number of nitrogens with zero attached hydrogens (tertiary/aromatic N) is 1. The Kier molecular flexibility index (Phi) is 7.97. The average Bonchev–Trinajstić information content (AvgIpc) is 2.72. The number of rotatable bonds is 8. The molecule has 2 aromatic rings. The van der Waals surface area contributed by atoms with E-state index in [-0.39, 0.29) is 24.1 Å². The van der Waals surface area contributed by atoms with E-state index in [0.717, 1.165) is 16.9 Å². The van der Waals surface area contributed by atoms with Crippen molar-refractivity contribution in [3.8, 4) is 5.75 Å². The average molecular weight is 465 g/mol. The highest BCUT2D eigenvalue weighted by Gasteiger charge is 2.32. The maximum atomic E-state index is 12.8. The Morgan fingerprint density at radius 2 is 1.84 bits per heavy atom. The molecule has 0 unspecified atom stereocenters. The molecule has 1 saturated heterocycles. The molecular formula is C23H29ClN2O4S. The van der Waals surface area contributed by atoms with Gasteiger partial charge in [0.1, 0.15) is 12.4 Å². The van der Waals surface area contributed by atoms with Crippen LogP contribution in [0.1, 0.15) is 29.5 Å². The second-order valence-electron chi connectivity index (χ2n) is 8.04. The van der Waals surface area contributed by atoms with Crippen molar-refractivity contribution in [1.29, 1.82) is 0 Å². The molecule has 0 bridgehead atoms. The fourth-order valence-corrected chi connectivity index (χ4v) is 5.53. The molecule has 1 fully saturated rings. The third-order valence-corrected chi connectivity index (χ3v) is 7.34. The molecule has 1 aliphatic heterocycles. The molecule has 3 rings (SSSR count). The van der Waals surface area contributed by atoms with Crippen molar-refractivity contribution >= 4 is 27.5 Å². The molecule has 1 amide bonds. The lowest BCUT2D eigenvalue weighted by molar-refractivity contribution is -0.126. The first kappa shape index (κ1) is 23.6. The second-order valence-corrected chi connectivity index (χ2v) is 10.4. The number of aryl methyl sites for hydroxylation is 2. The second kappa shape index (κ2) is 10.5. The van der Waals surface area contributed by atoms with Crippen molar-refractivity contribution in [2.24, 2.45) is 5.92 Å². The number of amides is 1. The molecule has 0 aromatic heterocycles. The summed E-state index contributed by atoms with van der Waals surface area (Å²) in [5.74, 6) is 0.205. The Morgan fingerprint density at radius 3 is 2.52 bits per heavy atom. The van der Waals surface area contributed by atoms with E-state index in [1.165, 1.54) is 4.31 Å². The van der Waals surface area contributed by atoms with Crippen molar-refractivity contribution < 1.29 is 17.9 Å². The van der Waals surface area contributed by atoms with Crippen molar-refractivity contribution in [3.63, 3.8) is 0 Å². The lowest BCUT2D eigenvalue weighted by atomic mass is 9.99. The van der Waals surface area contributed by atoms with E-state index in [1.54, 1.807) is 24.3 Å². The number of sulfonamides is 1. The molecule has 1 aliphatic rings. The van der Waals surface area contributed by atoms with Gasteiger partial charge in [-0.05, 0) is 67.6 Å². The molecule has 0 radical (unpaired) electrons.